The third-order valence-corrected chi connectivity index (χ3v) is 3.92. The van der Waals surface area contributed by atoms with Crippen molar-refractivity contribution in [3.8, 4) is 0 Å². The number of benzene rings is 2. The van der Waals surface area contributed by atoms with Crippen molar-refractivity contribution in [1.82, 2.24) is 0 Å². The van der Waals surface area contributed by atoms with Crippen LogP contribution in [0.1, 0.15) is 5.56 Å². The molecule has 2 rings (SSSR count). The highest BCUT2D eigenvalue weighted by Gasteiger charge is 2.09. The first-order valence-corrected chi connectivity index (χ1v) is 7.11. The van der Waals surface area contributed by atoms with Crippen LogP contribution in [0.25, 0.3) is 0 Å². The number of nitro groups is 1. The number of non-ortho nitro benzene ring substituents is 1. The number of anilines is 1. The van der Waals surface area contributed by atoms with Gasteiger partial charge in [0.05, 0.1) is 16.4 Å². The molecule has 0 unspecified atom stereocenters. The second-order valence-corrected chi connectivity index (χ2v) is 5.54. The first-order valence-electron chi connectivity index (χ1n) is 5.94. The van der Waals surface area contributed by atoms with E-state index in [-0.39, 0.29) is 18.0 Å². The lowest BCUT2D eigenvalue weighted by Crippen LogP contribution is -2.14. The van der Waals surface area contributed by atoms with Crippen LogP contribution in [0.3, 0.4) is 0 Å². The Hall–Kier alpha value is -1.92. The van der Waals surface area contributed by atoms with Gasteiger partial charge in [0.2, 0.25) is 5.91 Å². The van der Waals surface area contributed by atoms with Gasteiger partial charge in [0, 0.05) is 22.3 Å². The van der Waals surface area contributed by atoms with Crippen molar-refractivity contribution in [3.05, 3.63) is 67.6 Å². The smallest absolute Gasteiger partial charge is 0.269 e. The Morgan fingerprint density at radius 3 is 2.71 bits per heavy atom. The van der Waals surface area contributed by atoms with Crippen molar-refractivity contribution in [2.75, 3.05) is 5.32 Å². The maximum atomic E-state index is 11.9. The summed E-state index contributed by atoms with van der Waals surface area (Å²) in [7, 11) is 0. The molecule has 2 aromatic rings. The van der Waals surface area contributed by atoms with Gasteiger partial charge >= 0.3 is 0 Å². The summed E-state index contributed by atoms with van der Waals surface area (Å²) in [5, 5.41) is 13.9. The minimum Gasteiger partial charge on any atom is -0.326 e. The summed E-state index contributed by atoms with van der Waals surface area (Å²) < 4.78 is 0.737. The highest BCUT2D eigenvalue weighted by atomic mass is 79.9. The molecular weight excluding hydrogens is 360 g/mol. The summed E-state index contributed by atoms with van der Waals surface area (Å²) in [6.45, 7) is 0. The van der Waals surface area contributed by atoms with E-state index >= 15 is 0 Å². The first kappa shape index (κ1) is 15.5. The van der Waals surface area contributed by atoms with Crippen molar-refractivity contribution in [2.24, 2.45) is 0 Å². The van der Waals surface area contributed by atoms with Crippen LogP contribution >= 0.6 is 27.5 Å². The van der Waals surface area contributed by atoms with Crippen LogP contribution in [0.5, 0.6) is 0 Å². The molecule has 1 amide bonds. The van der Waals surface area contributed by atoms with E-state index < -0.39 is 4.92 Å². The molecule has 21 heavy (non-hydrogen) atoms. The fourth-order valence-corrected chi connectivity index (χ4v) is 2.17. The normalized spacial score (nSPS) is 10.2. The zero-order valence-electron chi connectivity index (χ0n) is 10.7. The van der Waals surface area contributed by atoms with Crippen molar-refractivity contribution in [3.63, 3.8) is 0 Å². The summed E-state index contributed by atoms with van der Waals surface area (Å²) >= 11 is 9.20. The van der Waals surface area contributed by atoms with Crippen LogP contribution < -0.4 is 5.32 Å². The average Bonchev–Trinajstić information content (AvgIpc) is 2.43. The molecule has 0 atom stereocenters. The quantitative estimate of drug-likeness (QED) is 0.648. The van der Waals surface area contributed by atoms with E-state index in [4.69, 9.17) is 11.6 Å². The molecule has 2 aromatic carbocycles. The summed E-state index contributed by atoms with van der Waals surface area (Å²) in [4.78, 5) is 22.1. The highest BCUT2D eigenvalue weighted by Crippen LogP contribution is 2.25. The van der Waals surface area contributed by atoms with E-state index in [1.165, 1.54) is 12.1 Å². The molecule has 0 heterocycles. The molecule has 108 valence electrons. The number of nitrogens with one attached hydrogen (secondary N) is 1. The second-order valence-electron chi connectivity index (χ2n) is 4.28. The summed E-state index contributed by atoms with van der Waals surface area (Å²) in [6.07, 6.45) is 0.0510. The Balaban J connectivity index is 2.06. The predicted octanol–water partition coefficient (Wildman–Crippen LogP) is 4.19. The van der Waals surface area contributed by atoms with E-state index in [9.17, 15) is 14.9 Å². The van der Waals surface area contributed by atoms with Gasteiger partial charge in [-0.05, 0) is 39.7 Å². The number of rotatable bonds is 4. The lowest BCUT2D eigenvalue weighted by molar-refractivity contribution is -0.384. The summed E-state index contributed by atoms with van der Waals surface area (Å²) in [5.74, 6) is -0.270. The average molecular weight is 370 g/mol. The topological polar surface area (TPSA) is 72.2 Å². The fourth-order valence-electron chi connectivity index (χ4n) is 1.74. The van der Waals surface area contributed by atoms with Crippen molar-refractivity contribution < 1.29 is 9.72 Å². The van der Waals surface area contributed by atoms with E-state index in [2.05, 4.69) is 21.2 Å². The number of carbonyl (C=O) groups excluding carboxylic acids is 1. The van der Waals surface area contributed by atoms with Crippen LogP contribution in [-0.4, -0.2) is 10.8 Å². The van der Waals surface area contributed by atoms with Gasteiger partial charge in [0.25, 0.3) is 5.69 Å². The van der Waals surface area contributed by atoms with Gasteiger partial charge in [0.15, 0.2) is 0 Å². The number of nitro benzene ring substituents is 1. The molecule has 0 bridgehead atoms. The molecule has 0 aliphatic carbocycles. The van der Waals surface area contributed by atoms with Gasteiger partial charge in [-0.3, -0.25) is 14.9 Å². The molecule has 1 N–H and O–H groups in total. The van der Waals surface area contributed by atoms with Crippen LogP contribution in [0, 0.1) is 10.1 Å². The zero-order valence-corrected chi connectivity index (χ0v) is 13.0. The molecule has 5 nitrogen and oxygen atoms in total. The number of hydrogen-bond donors (Lipinski definition) is 1. The molecular formula is C14H10BrClN2O3. The third-order valence-electron chi connectivity index (χ3n) is 2.69. The van der Waals surface area contributed by atoms with Gasteiger partial charge in [-0.15, -0.1) is 0 Å². The summed E-state index contributed by atoms with van der Waals surface area (Å²) in [5.41, 5.74) is 1.11. The van der Waals surface area contributed by atoms with E-state index in [0.717, 1.165) is 4.47 Å². The van der Waals surface area contributed by atoms with E-state index in [1.807, 2.05) is 0 Å². The molecule has 0 saturated heterocycles. The molecule has 0 saturated carbocycles. The number of amides is 1. The predicted molar refractivity (Wildman–Crippen MR) is 84.6 cm³/mol. The monoisotopic (exact) mass is 368 g/mol. The maximum absolute atomic E-state index is 11.9. The SMILES string of the molecule is O=C(Cc1cccc([N+](=O)[O-])c1)Nc1ccc(Br)c(Cl)c1. The third kappa shape index (κ3) is 4.27. The number of hydrogen-bond acceptors (Lipinski definition) is 3. The lowest BCUT2D eigenvalue weighted by atomic mass is 10.1. The summed E-state index contributed by atoms with van der Waals surface area (Å²) in [6, 6.07) is 11.0. The van der Waals surface area contributed by atoms with Gasteiger partial charge in [-0.2, -0.15) is 0 Å². The fraction of sp³-hybridized carbons (Fsp3) is 0.0714. The molecule has 0 aliphatic rings. The molecule has 0 radical (unpaired) electrons. The Bertz CT molecular complexity index is 706. The molecule has 0 aromatic heterocycles. The van der Waals surface area contributed by atoms with E-state index in [0.29, 0.717) is 16.3 Å². The highest BCUT2D eigenvalue weighted by molar-refractivity contribution is 9.10. The largest absolute Gasteiger partial charge is 0.326 e. The zero-order chi connectivity index (χ0) is 15.4. The van der Waals surface area contributed by atoms with Crippen LogP contribution in [0.4, 0.5) is 11.4 Å². The van der Waals surface area contributed by atoms with E-state index in [1.54, 1.807) is 30.3 Å². The maximum Gasteiger partial charge on any atom is 0.269 e. The van der Waals surface area contributed by atoms with Crippen LogP contribution in [-0.2, 0) is 11.2 Å². The van der Waals surface area contributed by atoms with Crippen molar-refractivity contribution >= 4 is 44.8 Å². The van der Waals surface area contributed by atoms with Crippen LogP contribution in [0.15, 0.2) is 46.9 Å². The van der Waals surface area contributed by atoms with Gasteiger partial charge < -0.3 is 5.32 Å². The van der Waals surface area contributed by atoms with Crippen LogP contribution in [0.2, 0.25) is 5.02 Å². The Morgan fingerprint density at radius 1 is 1.29 bits per heavy atom. The standard InChI is InChI=1S/C14H10BrClN2O3/c15-12-5-4-10(8-13(12)16)17-14(19)7-9-2-1-3-11(6-9)18(20)21/h1-6,8H,7H2,(H,17,19). The Morgan fingerprint density at radius 2 is 2.05 bits per heavy atom. The lowest BCUT2D eigenvalue weighted by Gasteiger charge is -2.06. The van der Waals surface area contributed by atoms with Gasteiger partial charge in [-0.1, -0.05) is 23.7 Å². The minimum absolute atomic E-state index is 0.0352. The van der Waals surface area contributed by atoms with Crippen molar-refractivity contribution in [2.45, 2.75) is 6.42 Å². The molecule has 7 heteroatoms. The number of carbonyl (C=O) groups is 1. The Labute approximate surface area is 134 Å². The minimum atomic E-state index is -0.490. The number of halogens is 2. The van der Waals surface area contributed by atoms with Gasteiger partial charge in [-0.25, -0.2) is 0 Å². The second kappa shape index (κ2) is 6.69. The first-order chi connectivity index (χ1) is 9.95. The van der Waals surface area contributed by atoms with Gasteiger partial charge in [0.1, 0.15) is 0 Å². The molecule has 0 fully saturated rings. The molecule has 0 aliphatic heterocycles. The molecule has 0 spiro atoms. The number of nitrogens with zero attached hydrogens (tertiary/aromatic N) is 1. The Kier molecular flexibility index (Phi) is 4.93. The van der Waals surface area contributed by atoms with Crippen molar-refractivity contribution in [1.29, 1.82) is 0 Å².